The molecule has 39 heavy (non-hydrogen) atoms. The van der Waals surface area contributed by atoms with E-state index in [9.17, 15) is 9.59 Å². The number of nitrogens with one attached hydrogen (secondary N) is 1. The molecule has 1 aromatic heterocycles. The zero-order valence-electron chi connectivity index (χ0n) is 22.3. The Morgan fingerprint density at radius 2 is 1.64 bits per heavy atom. The van der Waals surface area contributed by atoms with Crippen LogP contribution in [0.25, 0.3) is 11.1 Å². The molecule has 8 heteroatoms. The monoisotopic (exact) mass is 525 g/mol. The van der Waals surface area contributed by atoms with Crippen molar-refractivity contribution < 1.29 is 23.8 Å². The average molecular weight is 526 g/mol. The number of carbonyl (C=O) groups is 2. The molecule has 8 nitrogen and oxygen atoms in total. The fourth-order valence-electron chi connectivity index (χ4n) is 4.00. The fourth-order valence-corrected chi connectivity index (χ4v) is 4.00. The van der Waals surface area contributed by atoms with Crippen LogP contribution in [0.1, 0.15) is 40.1 Å². The Labute approximate surface area is 228 Å². The molecular formula is C31H31N3O5. The Morgan fingerprint density at radius 3 is 2.36 bits per heavy atom. The molecule has 1 heterocycles. The minimum atomic E-state index is -0.536. The van der Waals surface area contributed by atoms with Crippen molar-refractivity contribution in [1.82, 2.24) is 15.3 Å². The lowest BCUT2D eigenvalue weighted by atomic mass is 10.0. The number of nitrogens with zero attached hydrogens (tertiary/aromatic N) is 2. The molecule has 0 aliphatic carbocycles. The molecule has 4 aromatic rings. The molecule has 0 saturated carbocycles. The lowest BCUT2D eigenvalue weighted by Gasteiger charge is -2.15. The molecule has 0 radical (unpaired) electrons. The molecule has 0 fully saturated rings. The lowest BCUT2D eigenvalue weighted by Crippen LogP contribution is -2.32. The summed E-state index contributed by atoms with van der Waals surface area (Å²) in [6.07, 6.45) is 0.413. The van der Waals surface area contributed by atoms with Crippen LogP contribution < -0.4 is 14.8 Å². The van der Waals surface area contributed by atoms with E-state index in [4.69, 9.17) is 14.2 Å². The maximum Gasteiger partial charge on any atom is 0.325 e. The van der Waals surface area contributed by atoms with Crippen LogP contribution >= 0.6 is 0 Å². The molecule has 4 rings (SSSR count). The van der Waals surface area contributed by atoms with E-state index in [1.165, 1.54) is 0 Å². The zero-order chi connectivity index (χ0) is 27.6. The van der Waals surface area contributed by atoms with Crippen molar-refractivity contribution in [2.75, 3.05) is 20.3 Å². The smallest absolute Gasteiger partial charge is 0.325 e. The van der Waals surface area contributed by atoms with Crippen molar-refractivity contribution in [2.24, 2.45) is 0 Å². The molecule has 3 aromatic carbocycles. The van der Waals surface area contributed by atoms with E-state index in [0.717, 1.165) is 28.0 Å². The van der Waals surface area contributed by atoms with Gasteiger partial charge in [-0.2, -0.15) is 0 Å². The van der Waals surface area contributed by atoms with Crippen molar-refractivity contribution in [2.45, 2.75) is 26.9 Å². The first-order chi connectivity index (χ1) is 19.0. The van der Waals surface area contributed by atoms with Gasteiger partial charge in [-0.1, -0.05) is 66.7 Å². The number of aromatic nitrogens is 2. The third-order valence-electron chi connectivity index (χ3n) is 5.94. The van der Waals surface area contributed by atoms with Crippen molar-refractivity contribution in [1.29, 1.82) is 0 Å². The highest BCUT2D eigenvalue weighted by molar-refractivity contribution is 5.96. The summed E-state index contributed by atoms with van der Waals surface area (Å²) < 4.78 is 16.3. The zero-order valence-corrected chi connectivity index (χ0v) is 22.3. The first kappa shape index (κ1) is 27.3. The molecule has 1 amide bonds. The molecule has 0 saturated heterocycles. The van der Waals surface area contributed by atoms with Crippen molar-refractivity contribution in [3.8, 4) is 22.6 Å². The topological polar surface area (TPSA) is 99.6 Å². The van der Waals surface area contributed by atoms with Crippen LogP contribution in [0, 0.1) is 6.92 Å². The second-order valence-corrected chi connectivity index (χ2v) is 8.77. The van der Waals surface area contributed by atoms with Crippen LogP contribution in [0.2, 0.25) is 0 Å². The maximum atomic E-state index is 13.1. The summed E-state index contributed by atoms with van der Waals surface area (Å²) in [5, 5.41) is 2.58. The molecule has 0 unspecified atom stereocenters. The van der Waals surface area contributed by atoms with Gasteiger partial charge in [0.2, 0.25) is 0 Å². The van der Waals surface area contributed by atoms with Gasteiger partial charge in [0.15, 0.2) is 11.4 Å². The summed E-state index contributed by atoms with van der Waals surface area (Å²) in [5.74, 6) is 0.474. The number of methoxy groups -OCH3 is 1. The summed E-state index contributed by atoms with van der Waals surface area (Å²) in [6.45, 7) is 3.69. The first-order valence-corrected chi connectivity index (χ1v) is 12.7. The summed E-state index contributed by atoms with van der Waals surface area (Å²) in [6, 6.07) is 25.6. The van der Waals surface area contributed by atoms with Crippen molar-refractivity contribution >= 4 is 11.9 Å². The van der Waals surface area contributed by atoms with Crippen LogP contribution in [0.3, 0.4) is 0 Å². The molecule has 0 atom stereocenters. The van der Waals surface area contributed by atoms with Crippen molar-refractivity contribution in [3.05, 3.63) is 107 Å². The number of hydrogen-bond acceptors (Lipinski definition) is 7. The van der Waals surface area contributed by atoms with E-state index in [2.05, 4.69) is 15.3 Å². The second kappa shape index (κ2) is 13.2. The van der Waals surface area contributed by atoms with E-state index < -0.39 is 11.9 Å². The van der Waals surface area contributed by atoms with Gasteiger partial charge >= 0.3 is 5.97 Å². The minimum Gasteiger partial charge on any atom is -0.497 e. The molecule has 0 aliphatic heterocycles. The van der Waals surface area contributed by atoms with Crippen LogP contribution in [-0.2, 0) is 22.6 Å². The minimum absolute atomic E-state index is 0.0748. The normalized spacial score (nSPS) is 10.5. The van der Waals surface area contributed by atoms with E-state index in [-0.39, 0.29) is 31.2 Å². The van der Waals surface area contributed by atoms with Crippen molar-refractivity contribution in [3.63, 3.8) is 0 Å². The summed E-state index contributed by atoms with van der Waals surface area (Å²) in [5.41, 5.74) is 4.63. The molecule has 200 valence electrons. The lowest BCUT2D eigenvalue weighted by molar-refractivity contribution is -0.141. The number of hydrogen-bond donors (Lipinski definition) is 1. The SMILES string of the molecule is CCOC(=O)CNC(=O)c1nc(Cc2ccc(-c3cccc(OC)c3)cc2)nc(C)c1OCc1ccccc1. The highest BCUT2D eigenvalue weighted by atomic mass is 16.5. The number of rotatable bonds is 11. The number of amides is 1. The van der Waals surface area contributed by atoms with Gasteiger partial charge in [-0.15, -0.1) is 0 Å². The van der Waals surface area contributed by atoms with Gasteiger partial charge in [0, 0.05) is 6.42 Å². The Kier molecular flexibility index (Phi) is 9.24. The number of ether oxygens (including phenoxy) is 3. The number of esters is 1. The molecular weight excluding hydrogens is 494 g/mol. The quantitative estimate of drug-likeness (QED) is 0.277. The van der Waals surface area contributed by atoms with E-state index in [1.807, 2.05) is 78.9 Å². The summed E-state index contributed by atoms with van der Waals surface area (Å²) >= 11 is 0. The Hall–Kier alpha value is -4.72. The summed E-state index contributed by atoms with van der Waals surface area (Å²) in [4.78, 5) is 34.1. The van der Waals surface area contributed by atoms with E-state index >= 15 is 0 Å². The number of carbonyl (C=O) groups excluding carboxylic acids is 2. The number of aryl methyl sites for hydroxylation is 1. The van der Waals surface area contributed by atoms with E-state index in [0.29, 0.717) is 17.9 Å². The predicted octanol–water partition coefficient (Wildman–Crippen LogP) is 4.92. The average Bonchev–Trinajstić information content (AvgIpc) is 2.96. The maximum absolute atomic E-state index is 13.1. The van der Waals surface area contributed by atoms with Gasteiger partial charge in [0.05, 0.1) is 19.4 Å². The van der Waals surface area contributed by atoms with Gasteiger partial charge in [0.1, 0.15) is 24.7 Å². The van der Waals surface area contributed by atoms with Crippen LogP contribution in [0.15, 0.2) is 78.9 Å². The van der Waals surface area contributed by atoms with Crippen LogP contribution in [0.4, 0.5) is 0 Å². The number of benzene rings is 3. The predicted molar refractivity (Wildman–Crippen MR) is 148 cm³/mol. The van der Waals surface area contributed by atoms with Crippen LogP contribution in [0.5, 0.6) is 11.5 Å². The standard InChI is InChI=1S/C31H31N3O5/c1-4-38-28(35)19-32-31(36)29-30(39-20-23-9-6-5-7-10-23)21(2)33-27(34-29)17-22-13-15-24(16-14-22)25-11-8-12-26(18-25)37-3/h5-16,18H,4,17,19-20H2,1-3H3,(H,32,36). The van der Waals surface area contributed by atoms with Gasteiger partial charge in [-0.05, 0) is 48.2 Å². The third kappa shape index (κ3) is 7.41. The van der Waals surface area contributed by atoms with Gasteiger partial charge < -0.3 is 19.5 Å². The molecule has 0 bridgehead atoms. The van der Waals surface area contributed by atoms with Crippen LogP contribution in [-0.4, -0.2) is 42.1 Å². The Balaban J connectivity index is 1.56. The molecule has 0 spiro atoms. The first-order valence-electron chi connectivity index (χ1n) is 12.7. The summed E-state index contributed by atoms with van der Waals surface area (Å²) in [7, 11) is 1.65. The van der Waals surface area contributed by atoms with Gasteiger partial charge in [-0.3, -0.25) is 9.59 Å². The second-order valence-electron chi connectivity index (χ2n) is 8.77. The molecule has 0 aliphatic rings. The molecule has 1 N–H and O–H groups in total. The fraction of sp³-hybridized carbons (Fsp3) is 0.226. The van der Waals surface area contributed by atoms with Gasteiger partial charge in [0.25, 0.3) is 5.91 Å². The Bertz CT molecular complexity index is 1420. The highest BCUT2D eigenvalue weighted by Crippen LogP contribution is 2.26. The van der Waals surface area contributed by atoms with Gasteiger partial charge in [-0.25, -0.2) is 9.97 Å². The Morgan fingerprint density at radius 1 is 0.872 bits per heavy atom. The largest absolute Gasteiger partial charge is 0.497 e. The third-order valence-corrected chi connectivity index (χ3v) is 5.94. The van der Waals surface area contributed by atoms with E-state index in [1.54, 1.807) is 21.0 Å². The highest BCUT2D eigenvalue weighted by Gasteiger charge is 2.21.